The highest BCUT2D eigenvalue weighted by atomic mass is 32.2. The smallest absolute Gasteiger partial charge is 0.258 e. The van der Waals surface area contributed by atoms with Gasteiger partial charge < -0.3 is 10.2 Å². The quantitative estimate of drug-likeness (QED) is 0.785. The van der Waals surface area contributed by atoms with E-state index < -0.39 is 0 Å². The second-order valence-electron chi connectivity index (χ2n) is 5.51. The van der Waals surface area contributed by atoms with Crippen LogP contribution in [0.1, 0.15) is 10.4 Å². The highest BCUT2D eigenvalue weighted by Gasteiger charge is 2.28. The van der Waals surface area contributed by atoms with Gasteiger partial charge in [-0.05, 0) is 17.5 Å². The van der Waals surface area contributed by atoms with Gasteiger partial charge in [0.15, 0.2) is 0 Å². The first kappa shape index (κ1) is 13.7. The minimum Gasteiger partial charge on any atom is -0.336 e. The third-order valence-corrected chi connectivity index (χ3v) is 5.18. The molecule has 3 aliphatic rings. The van der Waals surface area contributed by atoms with E-state index >= 15 is 0 Å². The van der Waals surface area contributed by atoms with E-state index in [2.05, 4.69) is 10.3 Å². The summed E-state index contributed by atoms with van der Waals surface area (Å²) in [6.45, 7) is 3.07. The molecule has 1 atom stereocenters. The molecule has 3 aliphatic heterocycles. The van der Waals surface area contributed by atoms with Crippen molar-refractivity contribution in [1.82, 2.24) is 10.2 Å². The predicted octanol–water partition coefficient (Wildman–Crippen LogP) is -0.123. The van der Waals surface area contributed by atoms with Gasteiger partial charge in [0.1, 0.15) is 0 Å². The van der Waals surface area contributed by atoms with Crippen molar-refractivity contribution in [2.45, 2.75) is 0 Å². The van der Waals surface area contributed by atoms with E-state index in [1.165, 1.54) is 0 Å². The summed E-state index contributed by atoms with van der Waals surface area (Å²) in [5, 5.41) is 6.75. The molecule has 0 spiro atoms. The van der Waals surface area contributed by atoms with Crippen LogP contribution in [0, 0.1) is 5.92 Å². The van der Waals surface area contributed by atoms with Crippen molar-refractivity contribution in [3.05, 3.63) is 45.8 Å². The van der Waals surface area contributed by atoms with Crippen molar-refractivity contribution < 1.29 is 9.59 Å². The molecule has 1 aromatic carbocycles. The minimum absolute atomic E-state index is 0.0104. The van der Waals surface area contributed by atoms with Crippen LogP contribution in [0.15, 0.2) is 34.7 Å². The van der Waals surface area contributed by atoms with Crippen LogP contribution < -0.4 is 15.9 Å². The lowest BCUT2D eigenvalue weighted by atomic mass is 10.0. The van der Waals surface area contributed by atoms with Crippen molar-refractivity contribution in [2.75, 3.05) is 26.2 Å². The molecule has 0 bridgehead atoms. The second-order valence-corrected chi connectivity index (χ2v) is 6.46. The summed E-state index contributed by atoms with van der Waals surface area (Å²) < 4.78 is 0. The van der Waals surface area contributed by atoms with Crippen LogP contribution in [-0.2, 0) is 4.79 Å². The van der Waals surface area contributed by atoms with Crippen molar-refractivity contribution >= 4 is 28.5 Å². The van der Waals surface area contributed by atoms with Crippen LogP contribution >= 0.6 is 11.8 Å². The predicted molar refractivity (Wildman–Crippen MR) is 84.6 cm³/mol. The molecule has 1 fully saturated rings. The molecular weight excluding hydrogens is 298 g/mol. The first-order valence-corrected chi connectivity index (χ1v) is 8.22. The topological polar surface area (TPSA) is 61.8 Å². The molecule has 0 aromatic heterocycles. The van der Waals surface area contributed by atoms with Gasteiger partial charge in [0.05, 0.1) is 11.3 Å². The first-order chi connectivity index (χ1) is 10.7. The number of fused-ring (bicyclic) bond motifs is 2. The molecule has 1 N–H and O–H groups in total. The number of piperazine rings is 1. The molecule has 112 valence electrons. The van der Waals surface area contributed by atoms with E-state index in [1.807, 2.05) is 28.5 Å². The molecule has 22 heavy (non-hydrogen) atoms. The van der Waals surface area contributed by atoms with Crippen LogP contribution in [0.3, 0.4) is 0 Å². The summed E-state index contributed by atoms with van der Waals surface area (Å²) in [4.78, 5) is 31.6. The normalized spacial score (nSPS) is 23.1. The van der Waals surface area contributed by atoms with Crippen molar-refractivity contribution in [3.63, 3.8) is 0 Å². The standard InChI is InChI=1S/C16H15N3O2S/c20-15-12-3-8-22-14(12)11-2-1-10(9-13(11)18-15)16(21)19-6-4-17-5-7-19/h1-3,8-9,12,17H,4-7H2. The lowest BCUT2D eigenvalue weighted by Gasteiger charge is -2.27. The van der Waals surface area contributed by atoms with Gasteiger partial charge in [-0.3, -0.25) is 9.59 Å². The summed E-state index contributed by atoms with van der Waals surface area (Å²) in [5.41, 5.74) is 0.604. The van der Waals surface area contributed by atoms with Gasteiger partial charge in [-0.1, -0.05) is 12.1 Å². The Balaban J connectivity index is 1.75. The summed E-state index contributed by atoms with van der Waals surface area (Å²) in [5.74, 6) is -0.362. The van der Waals surface area contributed by atoms with E-state index in [-0.39, 0.29) is 17.7 Å². The van der Waals surface area contributed by atoms with Crippen LogP contribution in [0.25, 0.3) is 4.91 Å². The molecule has 0 radical (unpaired) electrons. The number of carbonyl (C=O) groups is 2. The molecule has 6 heteroatoms. The van der Waals surface area contributed by atoms with Crippen LogP contribution in [0.5, 0.6) is 0 Å². The number of benzene rings is 1. The zero-order chi connectivity index (χ0) is 15.1. The van der Waals surface area contributed by atoms with Crippen LogP contribution in [-0.4, -0.2) is 42.9 Å². The molecule has 0 aliphatic carbocycles. The zero-order valence-electron chi connectivity index (χ0n) is 11.9. The number of amides is 2. The van der Waals surface area contributed by atoms with Crippen LogP contribution in [0.4, 0.5) is 0 Å². The number of nitrogens with one attached hydrogen (secondary N) is 1. The van der Waals surface area contributed by atoms with E-state index in [0.717, 1.165) is 23.2 Å². The zero-order valence-corrected chi connectivity index (χ0v) is 12.7. The number of thioether (sulfide) groups is 1. The molecule has 1 unspecified atom stereocenters. The van der Waals surface area contributed by atoms with Crippen molar-refractivity contribution in [1.29, 1.82) is 0 Å². The Hall–Kier alpha value is -1.92. The van der Waals surface area contributed by atoms with Gasteiger partial charge in [-0.25, -0.2) is 4.99 Å². The Morgan fingerprint density at radius 1 is 1.32 bits per heavy atom. The van der Waals surface area contributed by atoms with Crippen molar-refractivity contribution in [3.8, 4) is 0 Å². The summed E-state index contributed by atoms with van der Waals surface area (Å²) in [6.07, 6.45) is 1.88. The Bertz CT molecular complexity index is 809. The maximum atomic E-state index is 12.5. The highest BCUT2D eigenvalue weighted by molar-refractivity contribution is 8.10. The average molecular weight is 313 g/mol. The fraction of sp³-hybridized carbons (Fsp3) is 0.312. The highest BCUT2D eigenvalue weighted by Crippen LogP contribution is 2.35. The fourth-order valence-corrected chi connectivity index (χ4v) is 3.99. The molecule has 4 rings (SSSR count). The molecular formula is C16H15N3O2S. The Morgan fingerprint density at radius 3 is 2.95 bits per heavy atom. The maximum Gasteiger partial charge on any atom is 0.258 e. The van der Waals surface area contributed by atoms with E-state index in [9.17, 15) is 9.59 Å². The summed E-state index contributed by atoms with van der Waals surface area (Å²) >= 11 is 1.57. The Kier molecular flexibility index (Phi) is 3.35. The van der Waals surface area contributed by atoms with Gasteiger partial charge in [0.25, 0.3) is 11.8 Å². The minimum atomic E-state index is -0.229. The van der Waals surface area contributed by atoms with Crippen molar-refractivity contribution in [2.24, 2.45) is 10.9 Å². The largest absolute Gasteiger partial charge is 0.336 e. The average Bonchev–Trinajstić information content (AvgIpc) is 3.05. The number of hydrogen-bond donors (Lipinski definition) is 1. The molecule has 0 saturated carbocycles. The molecule has 5 nitrogen and oxygen atoms in total. The van der Waals surface area contributed by atoms with Crippen LogP contribution in [0.2, 0.25) is 0 Å². The number of nitrogens with zero attached hydrogens (tertiary/aromatic N) is 2. The summed E-state index contributed by atoms with van der Waals surface area (Å²) in [7, 11) is 0. The van der Waals surface area contributed by atoms with Gasteiger partial charge in [0, 0.05) is 41.9 Å². The van der Waals surface area contributed by atoms with Gasteiger partial charge in [-0.15, -0.1) is 11.8 Å². The fourth-order valence-electron chi connectivity index (χ4n) is 2.98. The third kappa shape index (κ3) is 2.19. The Labute approximate surface area is 131 Å². The lowest BCUT2D eigenvalue weighted by Crippen LogP contribution is -2.47. The first-order valence-electron chi connectivity index (χ1n) is 7.34. The van der Waals surface area contributed by atoms with Gasteiger partial charge in [0.2, 0.25) is 0 Å². The van der Waals surface area contributed by atoms with Gasteiger partial charge >= 0.3 is 0 Å². The SMILES string of the molecule is O=C1N=c2cc(C(=O)N3CCNCC3)ccc2=C2SC=CC12. The molecule has 1 aromatic rings. The maximum absolute atomic E-state index is 12.5. The number of rotatable bonds is 1. The van der Waals surface area contributed by atoms with E-state index in [0.29, 0.717) is 24.0 Å². The van der Waals surface area contributed by atoms with E-state index in [4.69, 9.17) is 0 Å². The number of hydrogen-bond acceptors (Lipinski definition) is 4. The van der Waals surface area contributed by atoms with Gasteiger partial charge in [-0.2, -0.15) is 0 Å². The molecule has 1 saturated heterocycles. The Morgan fingerprint density at radius 2 is 2.14 bits per heavy atom. The van der Waals surface area contributed by atoms with E-state index in [1.54, 1.807) is 17.8 Å². The molecule has 3 heterocycles. The lowest BCUT2D eigenvalue weighted by molar-refractivity contribution is -0.119. The summed E-state index contributed by atoms with van der Waals surface area (Å²) in [6, 6.07) is 5.51. The second kappa shape index (κ2) is 5.37. The third-order valence-electron chi connectivity index (χ3n) is 4.16. The number of carbonyl (C=O) groups excluding carboxylic acids is 2. The monoisotopic (exact) mass is 313 g/mol. The molecule has 2 amide bonds.